The largest absolute Gasteiger partial charge is 0.409 e. The third-order valence-electron chi connectivity index (χ3n) is 1.74. The number of hydrogen-bond acceptors (Lipinski definition) is 3. The van der Waals surface area contributed by atoms with E-state index in [1.54, 1.807) is 0 Å². The maximum Gasteiger partial charge on any atom is 0.154 e. The molecule has 0 radical (unpaired) electrons. The number of hydrogen-bond donors (Lipinski definition) is 3. The van der Waals surface area contributed by atoms with Crippen LogP contribution < -0.4 is 5.73 Å². The van der Waals surface area contributed by atoms with Gasteiger partial charge in [0.05, 0.1) is 0 Å². The Balaban J connectivity index is 2.91. The Hall–Kier alpha value is -1.23. The van der Waals surface area contributed by atoms with Crippen LogP contribution in [-0.2, 0) is 12.8 Å². The van der Waals surface area contributed by atoms with Gasteiger partial charge in [0, 0.05) is 17.7 Å². The number of nitrogens with zero attached hydrogens (tertiary/aromatic N) is 2. The van der Waals surface area contributed by atoms with Gasteiger partial charge in [-0.1, -0.05) is 23.7 Å². The molecular formula is C7H11ClN4O. The van der Waals surface area contributed by atoms with Gasteiger partial charge in [0.15, 0.2) is 5.15 Å². The molecule has 4 N–H and O–H groups in total. The highest BCUT2D eigenvalue weighted by Crippen LogP contribution is 2.17. The first-order valence-electron chi connectivity index (χ1n) is 3.87. The Labute approximate surface area is 80.6 Å². The first kappa shape index (κ1) is 9.85. The molecule has 0 bridgehead atoms. The molecule has 13 heavy (non-hydrogen) atoms. The van der Waals surface area contributed by atoms with E-state index in [1.165, 1.54) is 0 Å². The Morgan fingerprint density at radius 1 is 1.77 bits per heavy atom. The Bertz CT molecular complexity index is 320. The summed E-state index contributed by atoms with van der Waals surface area (Å²) in [6.07, 6.45) is 1.10. The standard InChI is InChI=1S/C7H11ClN4O/c1-2-5-4(3-6(9)12-13)7(8)11-10-5/h13H,2-3H2,1H3,(H2,9,12)(H,10,11). The van der Waals surface area contributed by atoms with Crippen molar-refractivity contribution >= 4 is 17.4 Å². The van der Waals surface area contributed by atoms with Gasteiger partial charge in [-0.05, 0) is 6.42 Å². The lowest BCUT2D eigenvalue weighted by Crippen LogP contribution is -2.15. The average Bonchev–Trinajstić information content (AvgIpc) is 2.48. The second-order valence-corrected chi connectivity index (χ2v) is 2.95. The summed E-state index contributed by atoms with van der Waals surface area (Å²) in [6, 6.07) is 0. The molecule has 1 aromatic heterocycles. The van der Waals surface area contributed by atoms with Crippen LogP contribution in [0.15, 0.2) is 5.16 Å². The van der Waals surface area contributed by atoms with Crippen molar-refractivity contribution in [3.05, 3.63) is 16.4 Å². The molecule has 6 heteroatoms. The van der Waals surface area contributed by atoms with Crippen molar-refractivity contribution in [2.75, 3.05) is 0 Å². The summed E-state index contributed by atoms with van der Waals surface area (Å²) in [5, 5.41) is 18.2. The lowest BCUT2D eigenvalue weighted by Gasteiger charge is -1.99. The molecule has 1 aromatic rings. The van der Waals surface area contributed by atoms with Crippen molar-refractivity contribution in [3.63, 3.8) is 0 Å². The number of aryl methyl sites for hydroxylation is 1. The van der Waals surface area contributed by atoms with E-state index in [2.05, 4.69) is 15.4 Å². The molecule has 0 aliphatic rings. The minimum Gasteiger partial charge on any atom is -0.409 e. The number of nitrogens with one attached hydrogen (secondary N) is 1. The second-order valence-electron chi connectivity index (χ2n) is 2.59. The van der Waals surface area contributed by atoms with E-state index < -0.39 is 0 Å². The number of H-pyrrole nitrogens is 1. The molecule has 0 atom stereocenters. The van der Waals surface area contributed by atoms with Gasteiger partial charge in [-0.25, -0.2) is 0 Å². The van der Waals surface area contributed by atoms with Gasteiger partial charge in [0.1, 0.15) is 5.84 Å². The van der Waals surface area contributed by atoms with Gasteiger partial charge in [-0.15, -0.1) is 0 Å². The van der Waals surface area contributed by atoms with Gasteiger partial charge in [-0.2, -0.15) is 5.10 Å². The number of aromatic amines is 1. The second kappa shape index (κ2) is 4.13. The highest BCUT2D eigenvalue weighted by atomic mass is 35.5. The third-order valence-corrected chi connectivity index (χ3v) is 2.05. The lowest BCUT2D eigenvalue weighted by atomic mass is 10.1. The minimum absolute atomic E-state index is 0.123. The topological polar surface area (TPSA) is 87.3 Å². The lowest BCUT2D eigenvalue weighted by molar-refractivity contribution is 0.317. The summed E-state index contributed by atoms with van der Waals surface area (Å²) in [5.74, 6) is 0.123. The zero-order valence-corrected chi connectivity index (χ0v) is 7.97. The van der Waals surface area contributed by atoms with E-state index in [0.29, 0.717) is 11.6 Å². The molecule has 0 fully saturated rings. The molecule has 1 heterocycles. The Kier molecular flexibility index (Phi) is 3.13. The van der Waals surface area contributed by atoms with E-state index in [-0.39, 0.29) is 5.84 Å². The summed E-state index contributed by atoms with van der Waals surface area (Å²) in [7, 11) is 0. The van der Waals surface area contributed by atoms with E-state index in [1.807, 2.05) is 6.92 Å². The zero-order chi connectivity index (χ0) is 9.84. The van der Waals surface area contributed by atoms with Crippen LogP contribution in [0.4, 0.5) is 0 Å². The normalized spacial score (nSPS) is 12.0. The van der Waals surface area contributed by atoms with Crippen LogP contribution in [0.1, 0.15) is 18.2 Å². The highest BCUT2D eigenvalue weighted by molar-refractivity contribution is 6.30. The molecular weight excluding hydrogens is 192 g/mol. The number of nitrogens with two attached hydrogens (primary N) is 1. The SMILES string of the molecule is CCc1[nH]nc(Cl)c1C/C(N)=N/O. The van der Waals surface area contributed by atoms with Crippen LogP contribution in [-0.4, -0.2) is 21.2 Å². The molecule has 5 nitrogen and oxygen atoms in total. The van der Waals surface area contributed by atoms with E-state index in [4.69, 9.17) is 22.5 Å². The molecule has 0 aliphatic carbocycles. The number of halogens is 1. The minimum atomic E-state index is 0.123. The maximum absolute atomic E-state index is 8.38. The predicted octanol–water partition coefficient (Wildman–Crippen LogP) is 0.914. The van der Waals surface area contributed by atoms with Crippen LogP contribution in [0.2, 0.25) is 5.15 Å². The number of rotatable bonds is 3. The van der Waals surface area contributed by atoms with Crippen LogP contribution in [0.3, 0.4) is 0 Å². The first-order chi connectivity index (χ1) is 6.19. The summed E-state index contributed by atoms with van der Waals surface area (Å²) in [6.45, 7) is 1.97. The molecule has 0 unspecified atom stereocenters. The molecule has 0 saturated carbocycles. The van der Waals surface area contributed by atoms with Crippen molar-refractivity contribution in [3.8, 4) is 0 Å². The summed E-state index contributed by atoms with van der Waals surface area (Å²) < 4.78 is 0. The summed E-state index contributed by atoms with van der Waals surface area (Å²) in [4.78, 5) is 0. The average molecular weight is 203 g/mol. The van der Waals surface area contributed by atoms with Crippen LogP contribution >= 0.6 is 11.6 Å². The highest BCUT2D eigenvalue weighted by Gasteiger charge is 2.11. The van der Waals surface area contributed by atoms with Gasteiger partial charge >= 0.3 is 0 Å². The predicted molar refractivity (Wildman–Crippen MR) is 50.1 cm³/mol. The van der Waals surface area contributed by atoms with Crippen molar-refractivity contribution in [1.29, 1.82) is 0 Å². The van der Waals surface area contributed by atoms with Gasteiger partial charge in [0.25, 0.3) is 0 Å². The van der Waals surface area contributed by atoms with Crippen molar-refractivity contribution in [2.45, 2.75) is 19.8 Å². The fraction of sp³-hybridized carbons (Fsp3) is 0.429. The number of amidine groups is 1. The number of oxime groups is 1. The Morgan fingerprint density at radius 2 is 2.46 bits per heavy atom. The van der Waals surface area contributed by atoms with Crippen molar-refractivity contribution < 1.29 is 5.21 Å². The molecule has 0 amide bonds. The molecule has 72 valence electrons. The summed E-state index contributed by atoms with van der Waals surface area (Å²) >= 11 is 5.79. The fourth-order valence-corrected chi connectivity index (χ4v) is 1.29. The van der Waals surface area contributed by atoms with Crippen LogP contribution in [0.5, 0.6) is 0 Å². The van der Waals surface area contributed by atoms with Crippen LogP contribution in [0.25, 0.3) is 0 Å². The molecule has 0 aliphatic heterocycles. The van der Waals surface area contributed by atoms with E-state index in [9.17, 15) is 0 Å². The Morgan fingerprint density at radius 3 is 3.00 bits per heavy atom. The third kappa shape index (κ3) is 2.12. The van der Waals surface area contributed by atoms with Gasteiger partial charge < -0.3 is 10.9 Å². The van der Waals surface area contributed by atoms with Crippen molar-refractivity contribution in [2.24, 2.45) is 10.9 Å². The monoisotopic (exact) mass is 202 g/mol. The van der Waals surface area contributed by atoms with Gasteiger partial charge in [0.2, 0.25) is 0 Å². The van der Waals surface area contributed by atoms with Gasteiger partial charge in [-0.3, -0.25) is 5.10 Å². The van der Waals surface area contributed by atoms with E-state index in [0.717, 1.165) is 17.7 Å². The molecule has 0 saturated heterocycles. The molecule has 0 aromatic carbocycles. The summed E-state index contributed by atoms with van der Waals surface area (Å²) in [5.41, 5.74) is 7.06. The zero-order valence-electron chi connectivity index (χ0n) is 7.21. The quantitative estimate of drug-likeness (QED) is 0.295. The fourth-order valence-electron chi connectivity index (χ4n) is 1.06. The van der Waals surface area contributed by atoms with E-state index >= 15 is 0 Å². The maximum atomic E-state index is 8.38. The van der Waals surface area contributed by atoms with Crippen molar-refractivity contribution in [1.82, 2.24) is 10.2 Å². The first-order valence-corrected chi connectivity index (χ1v) is 4.24. The number of aromatic nitrogens is 2. The van der Waals surface area contributed by atoms with Crippen LogP contribution in [0, 0.1) is 0 Å². The smallest absolute Gasteiger partial charge is 0.154 e. The molecule has 0 spiro atoms. The molecule has 1 rings (SSSR count).